The van der Waals surface area contributed by atoms with Crippen LogP contribution in [0.4, 0.5) is 0 Å². The Morgan fingerprint density at radius 2 is 2.18 bits per heavy atom. The first-order chi connectivity index (χ1) is 8.26. The maximum Gasteiger partial charge on any atom is 0.0610 e. The zero-order valence-corrected chi connectivity index (χ0v) is 11.3. The van der Waals surface area contributed by atoms with E-state index in [9.17, 15) is 0 Å². The van der Waals surface area contributed by atoms with Crippen molar-refractivity contribution in [2.24, 2.45) is 5.73 Å². The molecule has 17 heavy (non-hydrogen) atoms. The summed E-state index contributed by atoms with van der Waals surface area (Å²) in [6, 6.07) is 6.25. The second-order valence-electron chi connectivity index (χ2n) is 4.13. The van der Waals surface area contributed by atoms with E-state index in [4.69, 9.17) is 10.8 Å². The summed E-state index contributed by atoms with van der Waals surface area (Å²) >= 11 is 3.50. The minimum Gasteiger partial charge on any atom is -0.395 e. The number of aryl methyl sites for hydroxylation is 1. The standard InChI is InChI=1S/C13H17BrN2O/c14-11-3-4-13-12(8-11)10(2-1-5-15)9-16(13)6-7-17/h3-4,8-9,17H,1-2,5-7,15H2. The molecule has 3 nitrogen and oxygen atoms in total. The van der Waals surface area contributed by atoms with Crippen LogP contribution in [0.25, 0.3) is 10.9 Å². The number of aliphatic hydroxyl groups is 1. The molecule has 92 valence electrons. The molecule has 2 rings (SSSR count). The second-order valence-corrected chi connectivity index (χ2v) is 5.04. The Bertz CT molecular complexity index is 507. The Labute approximate surface area is 109 Å². The largest absolute Gasteiger partial charge is 0.395 e. The summed E-state index contributed by atoms with van der Waals surface area (Å²) in [6.07, 6.45) is 4.11. The van der Waals surface area contributed by atoms with E-state index in [1.807, 2.05) is 6.07 Å². The lowest BCUT2D eigenvalue weighted by atomic mass is 10.1. The number of hydrogen-bond acceptors (Lipinski definition) is 2. The Kier molecular flexibility index (Phi) is 4.20. The zero-order valence-electron chi connectivity index (χ0n) is 9.69. The van der Waals surface area contributed by atoms with Gasteiger partial charge in [0.15, 0.2) is 0 Å². The van der Waals surface area contributed by atoms with Gasteiger partial charge < -0.3 is 15.4 Å². The van der Waals surface area contributed by atoms with Crippen LogP contribution >= 0.6 is 15.9 Å². The summed E-state index contributed by atoms with van der Waals surface area (Å²) in [4.78, 5) is 0. The van der Waals surface area contributed by atoms with Crippen LogP contribution in [-0.2, 0) is 13.0 Å². The molecule has 0 bridgehead atoms. The molecular weight excluding hydrogens is 280 g/mol. The predicted molar refractivity (Wildman–Crippen MR) is 74.1 cm³/mol. The van der Waals surface area contributed by atoms with Crippen molar-refractivity contribution < 1.29 is 5.11 Å². The number of halogens is 1. The molecule has 3 N–H and O–H groups in total. The summed E-state index contributed by atoms with van der Waals surface area (Å²) in [5.74, 6) is 0. The van der Waals surface area contributed by atoms with Gasteiger partial charge in [-0.2, -0.15) is 0 Å². The molecule has 0 spiro atoms. The van der Waals surface area contributed by atoms with E-state index < -0.39 is 0 Å². The summed E-state index contributed by atoms with van der Waals surface area (Å²) in [7, 11) is 0. The number of hydrogen-bond donors (Lipinski definition) is 2. The number of fused-ring (bicyclic) bond motifs is 1. The average Bonchev–Trinajstić information content (AvgIpc) is 2.65. The minimum absolute atomic E-state index is 0.163. The number of aliphatic hydroxyl groups excluding tert-OH is 1. The molecule has 0 saturated carbocycles. The smallest absolute Gasteiger partial charge is 0.0610 e. The van der Waals surface area contributed by atoms with Gasteiger partial charge in [0.2, 0.25) is 0 Å². The van der Waals surface area contributed by atoms with E-state index in [1.165, 1.54) is 16.5 Å². The first-order valence-electron chi connectivity index (χ1n) is 5.84. The van der Waals surface area contributed by atoms with Crippen LogP contribution in [-0.4, -0.2) is 22.8 Å². The fourth-order valence-electron chi connectivity index (χ4n) is 2.13. The van der Waals surface area contributed by atoms with Gasteiger partial charge in [-0.25, -0.2) is 0 Å². The maximum absolute atomic E-state index is 9.07. The van der Waals surface area contributed by atoms with Gasteiger partial charge in [0.25, 0.3) is 0 Å². The lowest BCUT2D eigenvalue weighted by molar-refractivity contribution is 0.278. The number of nitrogens with two attached hydrogens (primary N) is 1. The van der Waals surface area contributed by atoms with E-state index in [2.05, 4.69) is 38.8 Å². The highest BCUT2D eigenvalue weighted by Gasteiger charge is 2.08. The number of nitrogens with zero attached hydrogens (tertiary/aromatic N) is 1. The van der Waals surface area contributed by atoms with Crippen LogP contribution in [0, 0.1) is 0 Å². The van der Waals surface area contributed by atoms with E-state index in [-0.39, 0.29) is 6.61 Å². The molecule has 1 heterocycles. The highest BCUT2D eigenvalue weighted by atomic mass is 79.9. The molecule has 0 amide bonds. The molecule has 0 aliphatic rings. The van der Waals surface area contributed by atoms with Crippen molar-refractivity contribution in [2.45, 2.75) is 19.4 Å². The number of benzene rings is 1. The third-order valence-corrected chi connectivity index (χ3v) is 3.41. The topological polar surface area (TPSA) is 51.2 Å². The van der Waals surface area contributed by atoms with Crippen molar-refractivity contribution in [3.63, 3.8) is 0 Å². The third kappa shape index (κ3) is 2.70. The molecule has 1 aromatic heterocycles. The quantitative estimate of drug-likeness (QED) is 0.889. The highest BCUT2D eigenvalue weighted by molar-refractivity contribution is 9.10. The summed E-state index contributed by atoms with van der Waals surface area (Å²) in [5, 5.41) is 10.3. The van der Waals surface area contributed by atoms with Gasteiger partial charge in [-0.1, -0.05) is 15.9 Å². The Balaban J connectivity index is 2.46. The lowest BCUT2D eigenvalue weighted by Gasteiger charge is -2.01. The van der Waals surface area contributed by atoms with Crippen molar-refractivity contribution >= 4 is 26.8 Å². The average molecular weight is 297 g/mol. The maximum atomic E-state index is 9.07. The first kappa shape index (κ1) is 12.6. The fraction of sp³-hybridized carbons (Fsp3) is 0.385. The molecule has 0 radical (unpaired) electrons. The fourth-order valence-corrected chi connectivity index (χ4v) is 2.49. The van der Waals surface area contributed by atoms with Gasteiger partial charge in [-0.15, -0.1) is 0 Å². The second kappa shape index (κ2) is 5.67. The SMILES string of the molecule is NCCCc1cn(CCO)c2ccc(Br)cc12. The van der Waals surface area contributed by atoms with Crippen molar-refractivity contribution in [3.8, 4) is 0 Å². The Hall–Kier alpha value is -0.840. The third-order valence-electron chi connectivity index (χ3n) is 2.92. The Morgan fingerprint density at radius 3 is 2.88 bits per heavy atom. The molecule has 0 saturated heterocycles. The zero-order chi connectivity index (χ0) is 12.3. The molecule has 2 aromatic rings. The van der Waals surface area contributed by atoms with E-state index in [1.54, 1.807) is 0 Å². The van der Waals surface area contributed by atoms with Gasteiger partial charge >= 0.3 is 0 Å². The van der Waals surface area contributed by atoms with Gasteiger partial charge in [0.05, 0.1) is 6.61 Å². The van der Waals surface area contributed by atoms with Crippen LogP contribution in [0.5, 0.6) is 0 Å². The van der Waals surface area contributed by atoms with Gasteiger partial charge in [0.1, 0.15) is 0 Å². The number of aromatic nitrogens is 1. The van der Waals surface area contributed by atoms with E-state index >= 15 is 0 Å². The van der Waals surface area contributed by atoms with Crippen LogP contribution < -0.4 is 5.73 Å². The highest BCUT2D eigenvalue weighted by Crippen LogP contribution is 2.26. The molecular formula is C13H17BrN2O. The molecule has 4 heteroatoms. The van der Waals surface area contributed by atoms with Crippen molar-refractivity contribution in [2.75, 3.05) is 13.2 Å². The molecule has 1 aromatic carbocycles. The molecule has 0 aliphatic heterocycles. The first-order valence-corrected chi connectivity index (χ1v) is 6.63. The summed E-state index contributed by atoms with van der Waals surface area (Å²) in [6.45, 7) is 1.51. The van der Waals surface area contributed by atoms with E-state index in [0.29, 0.717) is 13.1 Å². The Morgan fingerprint density at radius 1 is 1.35 bits per heavy atom. The normalized spacial score (nSPS) is 11.2. The van der Waals surface area contributed by atoms with Gasteiger partial charge in [-0.05, 0) is 43.1 Å². The monoisotopic (exact) mass is 296 g/mol. The predicted octanol–water partition coefficient (Wildman–Crippen LogP) is 2.29. The molecule has 0 aliphatic carbocycles. The van der Waals surface area contributed by atoms with E-state index in [0.717, 1.165) is 17.3 Å². The van der Waals surface area contributed by atoms with Crippen LogP contribution in [0.3, 0.4) is 0 Å². The lowest BCUT2D eigenvalue weighted by Crippen LogP contribution is -2.01. The van der Waals surface area contributed by atoms with Crippen molar-refractivity contribution in [1.82, 2.24) is 4.57 Å². The van der Waals surface area contributed by atoms with Gasteiger partial charge in [0, 0.05) is 28.1 Å². The van der Waals surface area contributed by atoms with Crippen LogP contribution in [0.2, 0.25) is 0 Å². The summed E-state index contributed by atoms with van der Waals surface area (Å²) < 4.78 is 3.19. The minimum atomic E-state index is 0.163. The molecule has 0 fully saturated rings. The van der Waals surface area contributed by atoms with Crippen LogP contribution in [0.1, 0.15) is 12.0 Å². The summed E-state index contributed by atoms with van der Waals surface area (Å²) in [5.41, 5.74) is 8.04. The van der Waals surface area contributed by atoms with Crippen LogP contribution in [0.15, 0.2) is 28.9 Å². The molecule has 0 unspecified atom stereocenters. The van der Waals surface area contributed by atoms with Crippen molar-refractivity contribution in [1.29, 1.82) is 0 Å². The number of rotatable bonds is 5. The van der Waals surface area contributed by atoms with Gasteiger partial charge in [-0.3, -0.25) is 0 Å². The van der Waals surface area contributed by atoms with Crippen molar-refractivity contribution in [3.05, 3.63) is 34.4 Å². The molecule has 0 atom stereocenters.